The number of nitrogens with one attached hydrogen (secondary N) is 1. The van der Waals surface area contributed by atoms with Gasteiger partial charge in [-0.25, -0.2) is 4.79 Å². The lowest BCUT2D eigenvalue weighted by Gasteiger charge is -2.29. The third-order valence-corrected chi connectivity index (χ3v) is 6.90. The lowest BCUT2D eigenvalue weighted by atomic mass is 9.83. The summed E-state index contributed by atoms with van der Waals surface area (Å²) in [4.78, 5) is 18.9. The molecule has 0 bridgehead atoms. The highest BCUT2D eigenvalue weighted by Gasteiger charge is 2.51. The Morgan fingerprint density at radius 2 is 1.94 bits per heavy atom. The molecule has 0 saturated carbocycles. The van der Waals surface area contributed by atoms with E-state index in [1.807, 2.05) is 26.0 Å². The maximum absolute atomic E-state index is 12.9. The summed E-state index contributed by atoms with van der Waals surface area (Å²) in [5.74, 6) is -0.629. The quantitative estimate of drug-likeness (QED) is 0.540. The highest BCUT2D eigenvalue weighted by Crippen LogP contribution is 2.44. The van der Waals surface area contributed by atoms with Gasteiger partial charge in [-0.1, -0.05) is 6.07 Å². The van der Waals surface area contributed by atoms with Crippen molar-refractivity contribution in [2.75, 3.05) is 13.1 Å². The van der Waals surface area contributed by atoms with Gasteiger partial charge in [0.25, 0.3) is 5.88 Å². The number of urea groups is 1. The molecule has 2 aliphatic rings. The molecule has 0 aromatic carbocycles. The second-order valence-corrected chi connectivity index (χ2v) is 10.1. The summed E-state index contributed by atoms with van der Waals surface area (Å²) in [6.45, 7) is 4.84. The van der Waals surface area contributed by atoms with Crippen LogP contribution in [0.3, 0.4) is 0 Å². The molecular formula is C19H22F3N5O4S. The number of carbonyl (C=O) groups excluding carboxylic acids is 1. The zero-order chi connectivity index (χ0) is 23.4. The Hall–Kier alpha value is -2.83. The maximum Gasteiger partial charge on any atom is 0.534 e. The molecule has 13 heteroatoms. The predicted molar refractivity (Wildman–Crippen MR) is 106 cm³/mol. The summed E-state index contributed by atoms with van der Waals surface area (Å²) in [7, 11) is -5.80. The predicted octanol–water partition coefficient (Wildman–Crippen LogP) is 2.50. The molecule has 1 N–H and O–H groups in total. The first-order chi connectivity index (χ1) is 14.8. The Kier molecular flexibility index (Phi) is 5.14. The van der Waals surface area contributed by atoms with Crippen LogP contribution in [0.5, 0.6) is 5.88 Å². The lowest BCUT2D eigenvalue weighted by molar-refractivity contribution is -0.0501. The number of amides is 2. The summed E-state index contributed by atoms with van der Waals surface area (Å²) in [6.07, 6.45) is 2.85. The van der Waals surface area contributed by atoms with Crippen LogP contribution in [0.4, 0.5) is 18.0 Å². The van der Waals surface area contributed by atoms with E-state index >= 15 is 0 Å². The zero-order valence-corrected chi connectivity index (χ0v) is 18.2. The Labute approximate surface area is 182 Å². The molecule has 1 fully saturated rings. The van der Waals surface area contributed by atoms with Crippen LogP contribution in [0.2, 0.25) is 0 Å². The van der Waals surface area contributed by atoms with Crippen LogP contribution >= 0.6 is 0 Å². The fourth-order valence-corrected chi connectivity index (χ4v) is 4.64. The second kappa shape index (κ2) is 7.36. The Morgan fingerprint density at radius 3 is 2.59 bits per heavy atom. The summed E-state index contributed by atoms with van der Waals surface area (Å²) < 4.78 is 66.0. The van der Waals surface area contributed by atoms with Crippen molar-refractivity contribution >= 4 is 16.1 Å². The SMILES string of the molecule is CC(C)(NC(=O)N1CC[C@@]2(CCn3nc(OS(=O)(=O)C(F)(F)F)cc32)C1)c1ccccn1. The van der Waals surface area contributed by atoms with Crippen LogP contribution in [0.25, 0.3) is 0 Å². The van der Waals surface area contributed by atoms with Crippen LogP contribution < -0.4 is 9.50 Å². The van der Waals surface area contributed by atoms with Crippen molar-refractivity contribution in [3.05, 3.63) is 41.9 Å². The van der Waals surface area contributed by atoms with E-state index in [0.29, 0.717) is 43.9 Å². The van der Waals surface area contributed by atoms with Gasteiger partial charge in [0.1, 0.15) is 0 Å². The summed E-state index contributed by atoms with van der Waals surface area (Å²) in [5, 5.41) is 6.84. The first kappa shape index (κ1) is 22.4. The highest BCUT2D eigenvalue weighted by molar-refractivity contribution is 7.87. The summed E-state index contributed by atoms with van der Waals surface area (Å²) in [6, 6.07) is 6.37. The minimum absolute atomic E-state index is 0.286. The van der Waals surface area contributed by atoms with Crippen LogP contribution in [-0.2, 0) is 27.6 Å². The molecule has 9 nitrogen and oxygen atoms in total. The molecule has 0 radical (unpaired) electrons. The van der Waals surface area contributed by atoms with Crippen molar-refractivity contribution in [3.63, 3.8) is 0 Å². The van der Waals surface area contributed by atoms with Crippen molar-refractivity contribution in [3.8, 4) is 5.88 Å². The van der Waals surface area contributed by atoms with Crippen LogP contribution in [0.15, 0.2) is 30.5 Å². The molecule has 4 rings (SSSR count). The van der Waals surface area contributed by atoms with Gasteiger partial charge in [0.2, 0.25) is 0 Å². The zero-order valence-electron chi connectivity index (χ0n) is 17.4. The number of halogens is 3. The van der Waals surface area contributed by atoms with Crippen molar-refractivity contribution in [2.24, 2.45) is 0 Å². The molecule has 174 valence electrons. The van der Waals surface area contributed by atoms with E-state index in [-0.39, 0.29) is 6.03 Å². The van der Waals surface area contributed by atoms with E-state index in [0.717, 1.165) is 0 Å². The molecule has 1 saturated heterocycles. The number of hydrogen-bond donors (Lipinski definition) is 1. The van der Waals surface area contributed by atoms with Crippen LogP contribution in [-0.4, -0.2) is 52.7 Å². The first-order valence-corrected chi connectivity index (χ1v) is 11.3. The van der Waals surface area contributed by atoms with Gasteiger partial charge in [-0.15, -0.1) is 5.10 Å². The molecule has 1 atom stereocenters. The number of carbonyl (C=O) groups is 1. The standard InChI is InChI=1S/C19H22F3N5O4S/c1-17(2,13-5-3-4-8-23-13)24-16(28)26-9-6-18(12-26)7-10-27-14(18)11-15(25-27)31-32(29,30)19(20,21)22/h3-5,8,11H,6-7,9-10,12H2,1-2H3,(H,24,28)/t18-/m1/s1. The average molecular weight is 473 g/mol. The van der Waals surface area contributed by atoms with Gasteiger partial charge in [0, 0.05) is 37.3 Å². The molecule has 2 aliphatic heterocycles. The minimum atomic E-state index is -5.80. The third kappa shape index (κ3) is 3.89. The molecule has 2 amide bonds. The molecule has 4 heterocycles. The summed E-state index contributed by atoms with van der Waals surface area (Å²) in [5.41, 5.74) is -5.51. The Morgan fingerprint density at radius 1 is 1.22 bits per heavy atom. The third-order valence-electron chi connectivity index (χ3n) is 5.95. The van der Waals surface area contributed by atoms with Gasteiger partial charge in [-0.05, 0) is 38.8 Å². The van der Waals surface area contributed by atoms with Gasteiger partial charge < -0.3 is 14.4 Å². The molecule has 2 aromatic heterocycles. The number of alkyl halides is 3. The molecule has 32 heavy (non-hydrogen) atoms. The van der Waals surface area contributed by atoms with E-state index in [1.165, 1.54) is 10.7 Å². The first-order valence-electron chi connectivity index (χ1n) is 9.91. The van der Waals surface area contributed by atoms with Gasteiger partial charge in [0.05, 0.1) is 16.9 Å². The molecule has 1 spiro atoms. The fraction of sp³-hybridized carbons (Fsp3) is 0.526. The lowest BCUT2D eigenvalue weighted by Crippen LogP contribution is -2.48. The minimum Gasteiger partial charge on any atom is -0.354 e. The molecular weight excluding hydrogens is 451 g/mol. The second-order valence-electron chi connectivity index (χ2n) is 8.55. The van der Waals surface area contributed by atoms with Crippen molar-refractivity contribution in [1.82, 2.24) is 25.0 Å². The van der Waals surface area contributed by atoms with Gasteiger partial charge >= 0.3 is 21.7 Å². The van der Waals surface area contributed by atoms with E-state index < -0.39 is 32.5 Å². The average Bonchev–Trinajstić information content (AvgIpc) is 3.38. The largest absolute Gasteiger partial charge is 0.534 e. The fourth-order valence-electron chi connectivity index (χ4n) is 4.24. The van der Waals surface area contributed by atoms with Gasteiger partial charge in [0.15, 0.2) is 0 Å². The number of hydrogen-bond acceptors (Lipinski definition) is 6. The van der Waals surface area contributed by atoms with Crippen LogP contribution in [0, 0.1) is 0 Å². The Bertz CT molecular complexity index is 1130. The van der Waals surface area contributed by atoms with Crippen molar-refractivity contribution in [2.45, 2.75) is 49.7 Å². The van der Waals surface area contributed by atoms with Gasteiger partial charge in [-0.3, -0.25) is 9.67 Å². The number of pyridine rings is 1. The van der Waals surface area contributed by atoms with E-state index in [1.54, 1.807) is 17.2 Å². The number of nitrogens with zero attached hydrogens (tertiary/aromatic N) is 4. The Balaban J connectivity index is 1.48. The normalized spacial score (nSPS) is 21.1. The molecule has 2 aromatic rings. The molecule has 0 aliphatic carbocycles. The van der Waals surface area contributed by atoms with Crippen molar-refractivity contribution < 1.29 is 30.6 Å². The van der Waals surface area contributed by atoms with Crippen LogP contribution in [0.1, 0.15) is 38.1 Å². The van der Waals surface area contributed by atoms with E-state index in [2.05, 4.69) is 19.6 Å². The molecule has 0 unspecified atom stereocenters. The smallest absolute Gasteiger partial charge is 0.354 e. The number of rotatable bonds is 4. The van der Waals surface area contributed by atoms with Crippen molar-refractivity contribution in [1.29, 1.82) is 0 Å². The number of likely N-dealkylation sites (tertiary alicyclic amines) is 1. The maximum atomic E-state index is 12.9. The monoisotopic (exact) mass is 473 g/mol. The van der Waals surface area contributed by atoms with E-state index in [4.69, 9.17) is 0 Å². The highest BCUT2D eigenvalue weighted by atomic mass is 32.2. The summed E-state index contributed by atoms with van der Waals surface area (Å²) >= 11 is 0. The number of aryl methyl sites for hydroxylation is 1. The number of fused-ring (bicyclic) bond motifs is 2. The van der Waals surface area contributed by atoms with E-state index in [9.17, 15) is 26.4 Å². The number of aromatic nitrogens is 3. The van der Waals surface area contributed by atoms with Gasteiger partial charge in [-0.2, -0.15) is 21.6 Å². The topological polar surface area (TPSA) is 106 Å².